The predicted octanol–water partition coefficient (Wildman–Crippen LogP) is 3.36. The lowest BCUT2D eigenvalue weighted by atomic mass is 10.3. The largest absolute Gasteiger partial charge is 0.493 e. The van der Waals surface area contributed by atoms with Crippen LogP contribution in [0.15, 0.2) is 58.1 Å². The third-order valence-corrected chi connectivity index (χ3v) is 4.90. The van der Waals surface area contributed by atoms with Crippen LogP contribution in [0.25, 0.3) is 0 Å². The van der Waals surface area contributed by atoms with Crippen LogP contribution in [0.2, 0.25) is 0 Å². The number of thioether (sulfide) groups is 1. The van der Waals surface area contributed by atoms with Crippen molar-refractivity contribution in [2.75, 3.05) is 38.2 Å². The Morgan fingerprint density at radius 1 is 1.15 bits per heavy atom. The molecular formula is C19H25BrN4OS. The fourth-order valence-corrected chi connectivity index (χ4v) is 3.22. The van der Waals surface area contributed by atoms with Crippen molar-refractivity contribution in [2.24, 2.45) is 4.99 Å². The lowest BCUT2D eigenvalue weighted by Crippen LogP contribution is -2.39. The number of hydrogen-bond donors (Lipinski definition) is 2. The minimum Gasteiger partial charge on any atom is -0.493 e. The van der Waals surface area contributed by atoms with Gasteiger partial charge in [0, 0.05) is 54.4 Å². The molecule has 7 heteroatoms. The molecule has 1 aromatic heterocycles. The summed E-state index contributed by atoms with van der Waals surface area (Å²) in [4.78, 5) is 8.55. The second kappa shape index (κ2) is 12.6. The smallest absolute Gasteiger partial charge is 0.191 e. The molecule has 5 nitrogen and oxygen atoms in total. The highest BCUT2D eigenvalue weighted by Gasteiger charge is 1.99. The Kier molecular flexibility index (Phi) is 9.97. The number of pyridine rings is 1. The number of guanidine groups is 1. The monoisotopic (exact) mass is 436 g/mol. The third-order valence-electron chi connectivity index (χ3n) is 3.45. The highest BCUT2D eigenvalue weighted by atomic mass is 79.9. The zero-order chi connectivity index (χ0) is 18.5. The van der Waals surface area contributed by atoms with Gasteiger partial charge in [-0.3, -0.25) is 9.98 Å². The molecule has 0 saturated heterocycles. The Hall–Kier alpha value is -1.73. The standard InChI is InChI=1S/C19H25BrN4OS/c1-21-19(23-10-8-17-6-2-3-9-22-17)24-11-13-26-14-12-25-18-7-4-5-16(20)15-18/h2-7,9,15H,8,10-14H2,1H3,(H2,21,23,24). The summed E-state index contributed by atoms with van der Waals surface area (Å²) in [5, 5.41) is 6.63. The summed E-state index contributed by atoms with van der Waals surface area (Å²) in [5.41, 5.74) is 1.08. The van der Waals surface area contributed by atoms with Gasteiger partial charge in [0.15, 0.2) is 5.96 Å². The van der Waals surface area contributed by atoms with Gasteiger partial charge < -0.3 is 15.4 Å². The fourth-order valence-electron chi connectivity index (χ4n) is 2.19. The molecule has 0 unspecified atom stereocenters. The van der Waals surface area contributed by atoms with E-state index in [-0.39, 0.29) is 0 Å². The normalized spacial score (nSPS) is 11.2. The molecule has 0 amide bonds. The molecular weight excluding hydrogens is 412 g/mol. The molecule has 1 heterocycles. The zero-order valence-electron chi connectivity index (χ0n) is 15.0. The number of benzene rings is 1. The minimum atomic E-state index is 0.707. The van der Waals surface area contributed by atoms with E-state index < -0.39 is 0 Å². The molecule has 1 aromatic carbocycles. The Bertz CT molecular complexity index is 670. The van der Waals surface area contributed by atoms with Gasteiger partial charge in [0.05, 0.1) is 6.61 Å². The van der Waals surface area contributed by atoms with E-state index in [0.29, 0.717) is 6.61 Å². The van der Waals surface area contributed by atoms with E-state index in [1.165, 1.54) is 0 Å². The Labute approximate surface area is 168 Å². The summed E-state index contributed by atoms with van der Waals surface area (Å²) in [6.07, 6.45) is 2.70. The van der Waals surface area contributed by atoms with Crippen molar-refractivity contribution < 1.29 is 4.74 Å². The molecule has 0 bridgehead atoms. The van der Waals surface area contributed by atoms with Crippen LogP contribution in [-0.2, 0) is 6.42 Å². The zero-order valence-corrected chi connectivity index (χ0v) is 17.4. The van der Waals surface area contributed by atoms with Gasteiger partial charge in [0.25, 0.3) is 0 Å². The van der Waals surface area contributed by atoms with Crippen LogP contribution in [0.5, 0.6) is 5.75 Å². The Balaban J connectivity index is 1.50. The SMILES string of the molecule is CN=C(NCCSCCOc1cccc(Br)c1)NCCc1ccccn1. The van der Waals surface area contributed by atoms with Gasteiger partial charge in [-0.05, 0) is 30.3 Å². The van der Waals surface area contributed by atoms with Crippen LogP contribution in [-0.4, -0.2) is 49.2 Å². The molecule has 0 aliphatic carbocycles. The van der Waals surface area contributed by atoms with Crippen molar-refractivity contribution in [3.8, 4) is 5.75 Å². The number of nitrogens with zero attached hydrogens (tertiary/aromatic N) is 2. The van der Waals surface area contributed by atoms with Gasteiger partial charge in [0.2, 0.25) is 0 Å². The van der Waals surface area contributed by atoms with E-state index >= 15 is 0 Å². The van der Waals surface area contributed by atoms with Crippen molar-refractivity contribution in [1.29, 1.82) is 0 Å². The lowest BCUT2D eigenvalue weighted by molar-refractivity contribution is 0.344. The number of aromatic nitrogens is 1. The van der Waals surface area contributed by atoms with Crippen LogP contribution in [0, 0.1) is 0 Å². The first-order chi connectivity index (χ1) is 12.8. The quantitative estimate of drug-likeness (QED) is 0.339. The summed E-state index contributed by atoms with van der Waals surface area (Å²) in [6, 6.07) is 13.9. The fraction of sp³-hybridized carbons (Fsp3) is 0.368. The molecule has 0 fully saturated rings. The van der Waals surface area contributed by atoms with Crippen molar-refractivity contribution in [1.82, 2.24) is 15.6 Å². The maximum absolute atomic E-state index is 5.72. The summed E-state index contributed by atoms with van der Waals surface area (Å²) < 4.78 is 6.75. The number of aliphatic imine (C=N–C) groups is 1. The van der Waals surface area contributed by atoms with E-state index in [1.54, 1.807) is 7.05 Å². The first-order valence-electron chi connectivity index (χ1n) is 8.58. The molecule has 26 heavy (non-hydrogen) atoms. The van der Waals surface area contributed by atoms with Crippen molar-refractivity contribution in [3.05, 3.63) is 58.8 Å². The van der Waals surface area contributed by atoms with Crippen LogP contribution in [0.1, 0.15) is 5.69 Å². The maximum atomic E-state index is 5.72. The highest BCUT2D eigenvalue weighted by Crippen LogP contribution is 2.17. The van der Waals surface area contributed by atoms with E-state index in [9.17, 15) is 0 Å². The number of nitrogens with one attached hydrogen (secondary N) is 2. The molecule has 0 aliphatic heterocycles. The maximum Gasteiger partial charge on any atom is 0.191 e. The summed E-state index contributed by atoms with van der Waals surface area (Å²) in [7, 11) is 1.79. The summed E-state index contributed by atoms with van der Waals surface area (Å²) in [6.45, 7) is 2.38. The van der Waals surface area contributed by atoms with Crippen molar-refractivity contribution >= 4 is 33.7 Å². The van der Waals surface area contributed by atoms with Crippen molar-refractivity contribution in [3.63, 3.8) is 0 Å². The van der Waals surface area contributed by atoms with Crippen LogP contribution in [0.3, 0.4) is 0 Å². The molecule has 2 N–H and O–H groups in total. The molecule has 0 saturated carbocycles. The number of ether oxygens (including phenoxy) is 1. The first-order valence-corrected chi connectivity index (χ1v) is 10.5. The van der Waals surface area contributed by atoms with E-state index in [1.807, 2.05) is 60.4 Å². The second-order valence-corrected chi connectivity index (χ2v) is 7.56. The van der Waals surface area contributed by atoms with Crippen molar-refractivity contribution in [2.45, 2.75) is 6.42 Å². The third kappa shape index (κ3) is 8.58. The topological polar surface area (TPSA) is 58.5 Å². The summed E-state index contributed by atoms with van der Waals surface area (Å²) in [5.74, 6) is 3.69. The van der Waals surface area contributed by atoms with E-state index in [2.05, 4.69) is 36.5 Å². The Morgan fingerprint density at radius 3 is 2.81 bits per heavy atom. The molecule has 2 rings (SSSR count). The molecule has 0 atom stereocenters. The van der Waals surface area contributed by atoms with E-state index in [0.717, 1.165) is 52.9 Å². The average molecular weight is 437 g/mol. The lowest BCUT2D eigenvalue weighted by Gasteiger charge is -2.11. The number of hydrogen-bond acceptors (Lipinski definition) is 4. The summed E-state index contributed by atoms with van der Waals surface area (Å²) >= 11 is 5.30. The molecule has 0 spiro atoms. The number of rotatable bonds is 10. The van der Waals surface area contributed by atoms with Crippen LogP contribution < -0.4 is 15.4 Å². The number of halogens is 1. The first kappa shape index (κ1) is 20.6. The molecule has 0 aliphatic rings. The predicted molar refractivity (Wildman–Crippen MR) is 114 cm³/mol. The molecule has 140 valence electrons. The van der Waals surface area contributed by atoms with Gasteiger partial charge >= 0.3 is 0 Å². The van der Waals surface area contributed by atoms with E-state index in [4.69, 9.17) is 4.74 Å². The Morgan fingerprint density at radius 2 is 2.04 bits per heavy atom. The minimum absolute atomic E-state index is 0.707. The van der Waals surface area contributed by atoms with Gasteiger partial charge in [-0.2, -0.15) is 11.8 Å². The van der Waals surface area contributed by atoms with Crippen LogP contribution >= 0.6 is 27.7 Å². The van der Waals surface area contributed by atoms with Gasteiger partial charge in [-0.15, -0.1) is 0 Å². The molecule has 2 aromatic rings. The van der Waals surface area contributed by atoms with Crippen LogP contribution in [0.4, 0.5) is 0 Å². The van der Waals surface area contributed by atoms with Gasteiger partial charge in [0.1, 0.15) is 5.75 Å². The second-order valence-electron chi connectivity index (χ2n) is 5.42. The molecule has 0 radical (unpaired) electrons. The average Bonchev–Trinajstić information content (AvgIpc) is 2.66. The van der Waals surface area contributed by atoms with Gasteiger partial charge in [-0.1, -0.05) is 28.1 Å². The van der Waals surface area contributed by atoms with Gasteiger partial charge in [-0.25, -0.2) is 0 Å². The highest BCUT2D eigenvalue weighted by molar-refractivity contribution is 9.10.